The van der Waals surface area contributed by atoms with Crippen molar-refractivity contribution < 1.29 is 5.21 Å². The van der Waals surface area contributed by atoms with Gasteiger partial charge in [-0.25, -0.2) is 0 Å². The van der Waals surface area contributed by atoms with E-state index in [1.165, 1.54) is 0 Å². The van der Waals surface area contributed by atoms with Gasteiger partial charge in [0.15, 0.2) is 5.84 Å². The number of oxime groups is 1. The Labute approximate surface area is 106 Å². The van der Waals surface area contributed by atoms with Crippen LogP contribution in [0, 0.1) is 0 Å². The highest BCUT2D eigenvalue weighted by Gasteiger charge is 2.09. The van der Waals surface area contributed by atoms with E-state index < -0.39 is 0 Å². The molecule has 17 heavy (non-hydrogen) atoms. The fourth-order valence-electron chi connectivity index (χ4n) is 1.53. The molecule has 1 rings (SSSR count). The molecule has 0 saturated carbocycles. The van der Waals surface area contributed by atoms with Gasteiger partial charge in [0.05, 0.1) is 0 Å². The van der Waals surface area contributed by atoms with Crippen molar-refractivity contribution in [2.75, 3.05) is 24.0 Å². The van der Waals surface area contributed by atoms with E-state index in [2.05, 4.69) is 30.3 Å². The quantitative estimate of drug-likeness (QED) is 0.364. The Morgan fingerprint density at radius 3 is 2.53 bits per heavy atom. The molecule has 1 aromatic rings. The molecule has 0 radical (unpaired) electrons. The molecule has 0 aliphatic rings. The highest BCUT2D eigenvalue weighted by atomic mass is 32.2. The van der Waals surface area contributed by atoms with Crippen LogP contribution in [0.4, 0.5) is 5.69 Å². The van der Waals surface area contributed by atoms with Crippen LogP contribution in [0.1, 0.15) is 12.5 Å². The first kappa shape index (κ1) is 13.7. The average molecular weight is 253 g/mol. The van der Waals surface area contributed by atoms with Gasteiger partial charge < -0.3 is 15.8 Å². The van der Waals surface area contributed by atoms with Crippen molar-refractivity contribution in [3.8, 4) is 0 Å². The van der Waals surface area contributed by atoms with E-state index in [1.807, 2.05) is 36.0 Å². The molecule has 0 heterocycles. The van der Waals surface area contributed by atoms with Gasteiger partial charge in [-0.05, 0) is 37.4 Å². The Morgan fingerprint density at radius 1 is 1.47 bits per heavy atom. The first-order valence-corrected chi connectivity index (χ1v) is 6.79. The minimum atomic E-state index is 0.136. The summed E-state index contributed by atoms with van der Waals surface area (Å²) in [6, 6.07) is 8.13. The minimum absolute atomic E-state index is 0.136. The van der Waals surface area contributed by atoms with Crippen LogP contribution in [-0.4, -0.2) is 36.1 Å². The molecule has 5 heteroatoms. The number of thioether (sulfide) groups is 1. The summed E-state index contributed by atoms with van der Waals surface area (Å²) in [5.74, 6) is 1.22. The van der Waals surface area contributed by atoms with E-state index in [0.717, 1.165) is 17.0 Å². The number of nitrogens with two attached hydrogens (primary N) is 1. The highest BCUT2D eigenvalue weighted by Crippen LogP contribution is 2.17. The molecule has 0 saturated heterocycles. The molecule has 0 aliphatic heterocycles. The van der Waals surface area contributed by atoms with Crippen molar-refractivity contribution in [1.82, 2.24) is 0 Å². The third-order valence-electron chi connectivity index (χ3n) is 2.75. The van der Waals surface area contributed by atoms with Gasteiger partial charge in [-0.1, -0.05) is 5.16 Å². The third kappa shape index (κ3) is 3.56. The molecular formula is C12H19N3OS. The molecule has 3 N–H and O–H groups in total. The first-order valence-electron chi connectivity index (χ1n) is 5.40. The first-order chi connectivity index (χ1) is 8.10. The van der Waals surface area contributed by atoms with E-state index in [9.17, 15) is 0 Å². The second kappa shape index (κ2) is 6.39. The van der Waals surface area contributed by atoms with Crippen LogP contribution in [0.5, 0.6) is 0 Å². The van der Waals surface area contributed by atoms with Crippen molar-refractivity contribution in [2.24, 2.45) is 10.9 Å². The Morgan fingerprint density at radius 2 is 2.06 bits per heavy atom. The van der Waals surface area contributed by atoms with Crippen molar-refractivity contribution in [2.45, 2.75) is 13.0 Å². The number of amidine groups is 1. The largest absolute Gasteiger partial charge is 0.409 e. The number of hydrogen-bond donors (Lipinski definition) is 2. The highest BCUT2D eigenvalue weighted by molar-refractivity contribution is 7.98. The van der Waals surface area contributed by atoms with Gasteiger partial charge in [-0.3, -0.25) is 0 Å². The van der Waals surface area contributed by atoms with Gasteiger partial charge in [-0.15, -0.1) is 0 Å². The number of nitrogens with zero attached hydrogens (tertiary/aromatic N) is 2. The third-order valence-corrected chi connectivity index (χ3v) is 3.56. The number of benzene rings is 1. The second-order valence-corrected chi connectivity index (χ2v) is 4.86. The molecule has 1 unspecified atom stereocenters. The molecule has 0 spiro atoms. The van der Waals surface area contributed by atoms with E-state index in [1.54, 1.807) is 0 Å². The Bertz CT molecular complexity index is 378. The standard InChI is InChI=1S/C12H19N3OS/c1-9(8-17-3)15(2)11-6-4-10(5-7-11)12(13)14-16/h4-7,9,16H,8H2,1-3H3,(H2,13,14). The predicted octanol–water partition coefficient (Wildman–Crippen LogP) is 1.97. The zero-order valence-electron chi connectivity index (χ0n) is 10.4. The van der Waals surface area contributed by atoms with Crippen LogP contribution in [0.15, 0.2) is 29.4 Å². The summed E-state index contributed by atoms with van der Waals surface area (Å²) in [6.45, 7) is 2.19. The van der Waals surface area contributed by atoms with Crippen LogP contribution < -0.4 is 10.6 Å². The maximum atomic E-state index is 8.57. The maximum absolute atomic E-state index is 8.57. The summed E-state index contributed by atoms with van der Waals surface area (Å²) in [5, 5.41) is 11.5. The van der Waals surface area contributed by atoms with E-state index in [0.29, 0.717) is 6.04 Å². The lowest BCUT2D eigenvalue weighted by Crippen LogP contribution is -2.30. The van der Waals surface area contributed by atoms with Gasteiger partial charge in [0.1, 0.15) is 0 Å². The number of hydrogen-bond acceptors (Lipinski definition) is 4. The molecule has 0 fully saturated rings. The molecule has 0 amide bonds. The zero-order chi connectivity index (χ0) is 12.8. The lowest BCUT2D eigenvalue weighted by molar-refractivity contribution is 0.318. The van der Waals surface area contributed by atoms with Crippen LogP contribution in [0.25, 0.3) is 0 Å². The molecule has 0 aliphatic carbocycles. The lowest BCUT2D eigenvalue weighted by atomic mass is 10.1. The van der Waals surface area contributed by atoms with Crippen molar-refractivity contribution in [3.63, 3.8) is 0 Å². The predicted molar refractivity (Wildman–Crippen MR) is 75.2 cm³/mol. The molecular weight excluding hydrogens is 234 g/mol. The maximum Gasteiger partial charge on any atom is 0.170 e. The normalized spacial score (nSPS) is 13.5. The summed E-state index contributed by atoms with van der Waals surface area (Å²) in [6.07, 6.45) is 2.10. The zero-order valence-corrected chi connectivity index (χ0v) is 11.2. The Hall–Kier alpha value is -1.36. The summed E-state index contributed by atoms with van der Waals surface area (Å²) >= 11 is 1.83. The van der Waals surface area contributed by atoms with Gasteiger partial charge in [0.25, 0.3) is 0 Å². The summed E-state index contributed by atoms with van der Waals surface area (Å²) in [5.41, 5.74) is 7.36. The van der Waals surface area contributed by atoms with Gasteiger partial charge in [0.2, 0.25) is 0 Å². The topological polar surface area (TPSA) is 61.8 Å². The van der Waals surface area contributed by atoms with Crippen LogP contribution in [0.2, 0.25) is 0 Å². The summed E-state index contributed by atoms with van der Waals surface area (Å²) in [4.78, 5) is 2.21. The van der Waals surface area contributed by atoms with E-state index in [4.69, 9.17) is 10.9 Å². The van der Waals surface area contributed by atoms with Gasteiger partial charge in [0, 0.05) is 30.1 Å². The molecule has 94 valence electrons. The van der Waals surface area contributed by atoms with E-state index >= 15 is 0 Å². The van der Waals surface area contributed by atoms with Gasteiger partial charge in [-0.2, -0.15) is 11.8 Å². The Kier molecular flexibility index (Phi) is 5.15. The summed E-state index contributed by atoms with van der Waals surface area (Å²) in [7, 11) is 2.07. The van der Waals surface area contributed by atoms with E-state index in [-0.39, 0.29) is 5.84 Å². The SMILES string of the molecule is CSCC(C)N(C)c1ccc(/C(N)=N/O)cc1. The summed E-state index contributed by atoms with van der Waals surface area (Å²) < 4.78 is 0. The van der Waals surface area contributed by atoms with Crippen LogP contribution >= 0.6 is 11.8 Å². The number of anilines is 1. The molecule has 0 aromatic heterocycles. The van der Waals surface area contributed by atoms with Crippen molar-refractivity contribution in [3.05, 3.63) is 29.8 Å². The average Bonchev–Trinajstić information content (AvgIpc) is 2.37. The monoisotopic (exact) mass is 253 g/mol. The minimum Gasteiger partial charge on any atom is -0.409 e. The number of rotatable bonds is 5. The smallest absolute Gasteiger partial charge is 0.170 e. The van der Waals surface area contributed by atoms with Crippen LogP contribution in [-0.2, 0) is 0 Å². The molecule has 0 bridgehead atoms. The molecule has 1 aromatic carbocycles. The Balaban J connectivity index is 2.80. The van der Waals surface area contributed by atoms with Gasteiger partial charge >= 0.3 is 0 Å². The fraction of sp³-hybridized carbons (Fsp3) is 0.417. The lowest BCUT2D eigenvalue weighted by Gasteiger charge is -2.26. The second-order valence-electron chi connectivity index (χ2n) is 3.95. The molecule has 1 atom stereocenters. The van der Waals surface area contributed by atoms with Crippen LogP contribution in [0.3, 0.4) is 0 Å². The fourth-order valence-corrected chi connectivity index (χ4v) is 2.24. The van der Waals surface area contributed by atoms with Crippen molar-refractivity contribution >= 4 is 23.3 Å². The van der Waals surface area contributed by atoms with Crippen molar-refractivity contribution in [1.29, 1.82) is 0 Å². The molecule has 4 nitrogen and oxygen atoms in total.